The van der Waals surface area contributed by atoms with Crippen LogP contribution in [0.1, 0.15) is 37.8 Å². The number of halogens is 2. The zero-order valence-corrected chi connectivity index (χ0v) is 19.4. The SMILES string of the molecule is CCCCOCCNC(=NCc1cc(F)ccc1CS(C)(=O)=O)NCC.I. The Hall–Kier alpha value is -0.940. The van der Waals surface area contributed by atoms with E-state index in [9.17, 15) is 12.8 Å². The second-order valence-electron chi connectivity index (χ2n) is 6.07. The quantitative estimate of drug-likeness (QED) is 0.205. The largest absolute Gasteiger partial charge is 0.380 e. The smallest absolute Gasteiger partial charge is 0.191 e. The maximum absolute atomic E-state index is 13.6. The number of aliphatic imine (C=N–C) groups is 1. The summed E-state index contributed by atoms with van der Waals surface area (Å²) < 4.78 is 42.2. The van der Waals surface area contributed by atoms with Crippen molar-refractivity contribution in [3.63, 3.8) is 0 Å². The molecule has 0 aliphatic heterocycles. The van der Waals surface area contributed by atoms with Crippen LogP contribution in [0.25, 0.3) is 0 Å². The van der Waals surface area contributed by atoms with Gasteiger partial charge in [-0.05, 0) is 36.6 Å². The van der Waals surface area contributed by atoms with Crippen LogP contribution < -0.4 is 10.6 Å². The zero-order valence-electron chi connectivity index (χ0n) is 16.3. The Balaban J connectivity index is 0.00000676. The van der Waals surface area contributed by atoms with Crippen LogP contribution in [0.4, 0.5) is 4.39 Å². The third kappa shape index (κ3) is 12.2. The van der Waals surface area contributed by atoms with Gasteiger partial charge in [0.05, 0.1) is 18.9 Å². The Kier molecular flexibility index (Phi) is 13.6. The van der Waals surface area contributed by atoms with E-state index >= 15 is 0 Å². The minimum Gasteiger partial charge on any atom is -0.380 e. The molecule has 1 aromatic carbocycles. The fourth-order valence-electron chi connectivity index (χ4n) is 2.26. The third-order valence-corrected chi connectivity index (χ3v) is 4.35. The van der Waals surface area contributed by atoms with Crippen molar-refractivity contribution >= 4 is 39.8 Å². The van der Waals surface area contributed by atoms with E-state index in [0.717, 1.165) is 25.7 Å². The number of guanidine groups is 1. The van der Waals surface area contributed by atoms with Crippen LogP contribution in [0.2, 0.25) is 0 Å². The van der Waals surface area contributed by atoms with Crippen molar-refractivity contribution in [2.24, 2.45) is 4.99 Å². The number of hydrogen-bond donors (Lipinski definition) is 2. The predicted octanol–water partition coefficient (Wildman–Crippen LogP) is 2.86. The van der Waals surface area contributed by atoms with Crippen LogP contribution in [0.3, 0.4) is 0 Å². The van der Waals surface area contributed by atoms with Crippen molar-refractivity contribution in [1.29, 1.82) is 0 Å². The fourth-order valence-corrected chi connectivity index (χ4v) is 3.11. The van der Waals surface area contributed by atoms with Crippen molar-refractivity contribution in [2.45, 2.75) is 39.0 Å². The van der Waals surface area contributed by atoms with E-state index in [4.69, 9.17) is 4.74 Å². The average Bonchev–Trinajstić information content (AvgIpc) is 2.56. The van der Waals surface area contributed by atoms with Gasteiger partial charge in [-0.1, -0.05) is 19.4 Å². The first-order valence-corrected chi connectivity index (χ1v) is 11.0. The van der Waals surface area contributed by atoms with Crippen molar-refractivity contribution in [1.82, 2.24) is 10.6 Å². The highest BCUT2D eigenvalue weighted by atomic mass is 127. The van der Waals surface area contributed by atoms with Gasteiger partial charge in [-0.2, -0.15) is 0 Å². The van der Waals surface area contributed by atoms with E-state index in [1.807, 2.05) is 6.92 Å². The summed E-state index contributed by atoms with van der Waals surface area (Å²) in [5, 5.41) is 6.26. The van der Waals surface area contributed by atoms with E-state index in [0.29, 0.717) is 36.8 Å². The lowest BCUT2D eigenvalue weighted by molar-refractivity contribution is 0.136. The summed E-state index contributed by atoms with van der Waals surface area (Å²) in [6.07, 6.45) is 3.30. The third-order valence-electron chi connectivity index (χ3n) is 3.52. The molecule has 6 nitrogen and oxygen atoms in total. The molecule has 0 unspecified atom stereocenters. The molecule has 9 heteroatoms. The number of ether oxygens (including phenoxy) is 1. The van der Waals surface area contributed by atoms with Gasteiger partial charge in [-0.25, -0.2) is 17.8 Å². The molecule has 0 aliphatic carbocycles. The van der Waals surface area contributed by atoms with Gasteiger partial charge in [0, 0.05) is 26.0 Å². The summed E-state index contributed by atoms with van der Waals surface area (Å²) in [6, 6.07) is 4.11. The summed E-state index contributed by atoms with van der Waals surface area (Å²) in [5.41, 5.74) is 1.13. The maximum atomic E-state index is 13.6. The van der Waals surface area contributed by atoms with E-state index in [-0.39, 0.29) is 36.3 Å². The molecule has 0 saturated heterocycles. The highest BCUT2D eigenvalue weighted by molar-refractivity contribution is 14.0. The van der Waals surface area contributed by atoms with Gasteiger partial charge in [-0.15, -0.1) is 24.0 Å². The van der Waals surface area contributed by atoms with E-state index in [2.05, 4.69) is 22.5 Å². The first kappa shape index (κ1) is 26.1. The average molecular weight is 515 g/mol. The zero-order chi connectivity index (χ0) is 19.4. The van der Waals surface area contributed by atoms with E-state index in [1.54, 1.807) is 0 Å². The standard InChI is InChI=1S/C18H30FN3O3S.HI/c1-4-6-10-25-11-9-21-18(20-5-2)22-13-16-12-17(19)8-7-15(16)14-26(3,23)24;/h7-8,12H,4-6,9-11,13-14H2,1-3H3,(H2,20,21,22);1H. The minimum absolute atomic E-state index is 0. The van der Waals surface area contributed by atoms with Gasteiger partial charge in [0.25, 0.3) is 0 Å². The summed E-state index contributed by atoms with van der Waals surface area (Å²) in [5.74, 6) is 0.0452. The van der Waals surface area contributed by atoms with Crippen LogP contribution in [-0.2, 0) is 26.9 Å². The molecule has 0 aromatic heterocycles. The van der Waals surface area contributed by atoms with Gasteiger partial charge in [0.1, 0.15) is 5.82 Å². The first-order chi connectivity index (χ1) is 12.4. The van der Waals surface area contributed by atoms with E-state index in [1.165, 1.54) is 18.2 Å². The fraction of sp³-hybridized carbons (Fsp3) is 0.611. The van der Waals surface area contributed by atoms with Crippen molar-refractivity contribution < 1.29 is 17.5 Å². The Labute approximate surface area is 179 Å². The highest BCUT2D eigenvalue weighted by Gasteiger charge is 2.10. The van der Waals surface area contributed by atoms with Crippen molar-refractivity contribution in [3.05, 3.63) is 35.1 Å². The monoisotopic (exact) mass is 515 g/mol. The molecule has 0 bridgehead atoms. The highest BCUT2D eigenvalue weighted by Crippen LogP contribution is 2.15. The number of nitrogens with one attached hydrogen (secondary N) is 2. The van der Waals surface area contributed by atoms with Crippen LogP contribution in [0.15, 0.2) is 23.2 Å². The Morgan fingerprint density at radius 1 is 1.19 bits per heavy atom. The molecule has 1 aromatic rings. The van der Waals surface area contributed by atoms with Crippen LogP contribution in [0, 0.1) is 5.82 Å². The molecular weight excluding hydrogens is 484 g/mol. The Morgan fingerprint density at radius 2 is 1.93 bits per heavy atom. The number of hydrogen-bond acceptors (Lipinski definition) is 4. The summed E-state index contributed by atoms with van der Waals surface area (Å²) in [7, 11) is -3.21. The lowest BCUT2D eigenvalue weighted by Gasteiger charge is -2.12. The molecule has 0 heterocycles. The molecule has 1 rings (SSSR count). The summed E-state index contributed by atoms with van der Waals surface area (Å²) in [6.45, 7) is 6.85. The molecule has 0 radical (unpaired) electrons. The molecule has 156 valence electrons. The second kappa shape index (κ2) is 14.1. The summed E-state index contributed by atoms with van der Waals surface area (Å²) in [4.78, 5) is 4.43. The van der Waals surface area contributed by atoms with Crippen LogP contribution in [0.5, 0.6) is 0 Å². The lowest BCUT2D eigenvalue weighted by atomic mass is 10.1. The Morgan fingerprint density at radius 3 is 2.56 bits per heavy atom. The number of benzene rings is 1. The molecule has 0 aliphatic rings. The van der Waals surface area contributed by atoms with Crippen molar-refractivity contribution in [3.8, 4) is 0 Å². The molecule has 0 atom stereocenters. The van der Waals surface area contributed by atoms with Crippen LogP contribution >= 0.6 is 24.0 Å². The summed E-state index contributed by atoms with van der Waals surface area (Å²) >= 11 is 0. The minimum atomic E-state index is -3.21. The predicted molar refractivity (Wildman–Crippen MR) is 119 cm³/mol. The molecule has 2 N–H and O–H groups in total. The molecule has 0 spiro atoms. The van der Waals surface area contributed by atoms with E-state index < -0.39 is 15.7 Å². The molecular formula is C18H31FIN3O3S. The second-order valence-corrected chi connectivity index (χ2v) is 8.21. The van der Waals surface area contributed by atoms with Crippen molar-refractivity contribution in [2.75, 3.05) is 32.6 Å². The van der Waals surface area contributed by atoms with Gasteiger partial charge in [-0.3, -0.25) is 0 Å². The molecule has 27 heavy (non-hydrogen) atoms. The Bertz CT molecular complexity index is 684. The lowest BCUT2D eigenvalue weighted by Crippen LogP contribution is -2.39. The first-order valence-electron chi connectivity index (χ1n) is 8.90. The molecule has 0 fully saturated rings. The molecule has 0 saturated carbocycles. The van der Waals surface area contributed by atoms with Crippen LogP contribution in [-0.4, -0.2) is 46.9 Å². The van der Waals surface area contributed by atoms with Gasteiger partial charge in [0.15, 0.2) is 15.8 Å². The number of nitrogens with zero attached hydrogens (tertiary/aromatic N) is 1. The maximum Gasteiger partial charge on any atom is 0.191 e. The number of unbranched alkanes of at least 4 members (excludes halogenated alkanes) is 1. The van der Waals surface area contributed by atoms with Gasteiger partial charge in [0.2, 0.25) is 0 Å². The van der Waals surface area contributed by atoms with Gasteiger partial charge >= 0.3 is 0 Å². The number of sulfone groups is 1. The molecule has 0 amide bonds. The topological polar surface area (TPSA) is 79.8 Å². The normalized spacial score (nSPS) is 11.8. The number of rotatable bonds is 11. The van der Waals surface area contributed by atoms with Gasteiger partial charge < -0.3 is 15.4 Å².